The number of allylic oxidation sites excluding steroid dienone is 12. The van der Waals surface area contributed by atoms with Crippen LogP contribution in [0.4, 0.5) is 0 Å². The molecule has 344 valence electrons. The second kappa shape index (κ2) is 48.5. The number of esters is 3. The molecule has 1 unspecified atom stereocenters. The molecule has 0 aliphatic heterocycles. The molecule has 0 aromatic rings. The number of hydrogen-bond donors (Lipinski definition) is 0. The lowest BCUT2D eigenvalue weighted by atomic mass is 10.1. The third-order valence-electron chi connectivity index (χ3n) is 10.5. The van der Waals surface area contributed by atoms with E-state index < -0.39 is 6.10 Å². The maximum absolute atomic E-state index is 12.8. The van der Waals surface area contributed by atoms with E-state index in [1.807, 2.05) is 0 Å². The maximum Gasteiger partial charge on any atom is 0.306 e. The molecule has 0 rings (SSSR count). The third kappa shape index (κ3) is 45.9. The molecule has 0 aromatic heterocycles. The minimum atomic E-state index is -0.782. The summed E-state index contributed by atoms with van der Waals surface area (Å²) < 4.78 is 16.7. The Bertz CT molecular complexity index is 1140. The quantitative estimate of drug-likeness (QED) is 0.0263. The fourth-order valence-electron chi connectivity index (χ4n) is 6.76. The Labute approximate surface area is 370 Å². The standard InChI is InChI=1S/C54H92O6/c1-4-7-10-13-16-19-21-23-25-26-27-28-29-31-32-35-38-41-44-47-53(56)59-50-51(49-58-52(55)46-43-40-37-34-18-15-12-9-6-3)60-54(57)48-45-42-39-36-33-30-24-22-20-17-14-11-8-5-2/h7-8,10-11,16-17,19-20,23,25,27-28,51H,4-6,9,12-15,18,21-22,24,26,29-50H2,1-3H3/b10-7-,11-8-,19-16-,20-17-,25-23-,28-27-. The molecule has 6 nitrogen and oxygen atoms in total. The zero-order chi connectivity index (χ0) is 43.7. The zero-order valence-corrected chi connectivity index (χ0v) is 39.2. The van der Waals surface area contributed by atoms with Crippen molar-refractivity contribution in [3.05, 3.63) is 72.9 Å². The van der Waals surface area contributed by atoms with Crippen molar-refractivity contribution in [2.24, 2.45) is 0 Å². The highest BCUT2D eigenvalue weighted by atomic mass is 16.6. The van der Waals surface area contributed by atoms with Gasteiger partial charge in [-0.05, 0) is 83.5 Å². The molecule has 0 spiro atoms. The molecule has 0 amide bonds. The number of hydrogen-bond acceptors (Lipinski definition) is 6. The highest BCUT2D eigenvalue weighted by Gasteiger charge is 2.19. The SMILES string of the molecule is CC/C=C\C/C=C\C/C=C\C/C=C\CCCCCCCCC(=O)OCC(COC(=O)CCCCCCCCCCC)OC(=O)CCCCCCCCC/C=C\C/C=C\CC. The van der Waals surface area contributed by atoms with Gasteiger partial charge in [0.25, 0.3) is 0 Å². The molecule has 60 heavy (non-hydrogen) atoms. The average molecular weight is 837 g/mol. The van der Waals surface area contributed by atoms with Crippen LogP contribution < -0.4 is 0 Å². The first kappa shape index (κ1) is 56.9. The Kier molecular flexibility index (Phi) is 46.0. The van der Waals surface area contributed by atoms with E-state index in [-0.39, 0.29) is 31.1 Å². The van der Waals surface area contributed by atoms with E-state index in [1.54, 1.807) is 0 Å². The van der Waals surface area contributed by atoms with Gasteiger partial charge in [-0.3, -0.25) is 14.4 Å². The summed E-state index contributed by atoms with van der Waals surface area (Å²) in [6, 6.07) is 0. The molecule has 0 aliphatic carbocycles. The summed E-state index contributed by atoms with van der Waals surface area (Å²) in [6.45, 7) is 6.38. The molecule has 0 aromatic carbocycles. The van der Waals surface area contributed by atoms with Crippen LogP contribution in [-0.4, -0.2) is 37.2 Å². The van der Waals surface area contributed by atoms with E-state index >= 15 is 0 Å². The highest BCUT2D eigenvalue weighted by molar-refractivity contribution is 5.71. The predicted octanol–water partition coefficient (Wildman–Crippen LogP) is 16.3. The van der Waals surface area contributed by atoms with Gasteiger partial charge in [-0.15, -0.1) is 0 Å². The second-order valence-corrected chi connectivity index (χ2v) is 16.3. The van der Waals surface area contributed by atoms with Crippen molar-refractivity contribution in [1.29, 1.82) is 0 Å². The fraction of sp³-hybridized carbons (Fsp3) is 0.722. The van der Waals surface area contributed by atoms with Gasteiger partial charge in [0.05, 0.1) is 0 Å². The molecule has 1 atom stereocenters. The van der Waals surface area contributed by atoms with Crippen molar-refractivity contribution in [3.63, 3.8) is 0 Å². The predicted molar refractivity (Wildman–Crippen MR) is 256 cm³/mol. The molecule has 0 bridgehead atoms. The van der Waals surface area contributed by atoms with Crippen molar-refractivity contribution >= 4 is 17.9 Å². The Balaban J connectivity index is 4.35. The summed E-state index contributed by atoms with van der Waals surface area (Å²) in [7, 11) is 0. The maximum atomic E-state index is 12.8. The van der Waals surface area contributed by atoms with Crippen LogP contribution in [0.2, 0.25) is 0 Å². The van der Waals surface area contributed by atoms with Gasteiger partial charge in [-0.25, -0.2) is 0 Å². The molecule has 0 saturated carbocycles. The summed E-state index contributed by atoms with van der Waals surface area (Å²) in [5.74, 6) is -0.908. The van der Waals surface area contributed by atoms with Gasteiger partial charge >= 0.3 is 17.9 Å². The van der Waals surface area contributed by atoms with E-state index in [9.17, 15) is 14.4 Å². The second-order valence-electron chi connectivity index (χ2n) is 16.3. The third-order valence-corrected chi connectivity index (χ3v) is 10.5. The number of carbonyl (C=O) groups is 3. The molecule has 0 fully saturated rings. The first-order valence-corrected chi connectivity index (χ1v) is 24.9. The highest BCUT2D eigenvalue weighted by Crippen LogP contribution is 2.14. The molecule has 0 N–H and O–H groups in total. The van der Waals surface area contributed by atoms with Crippen molar-refractivity contribution in [2.75, 3.05) is 13.2 Å². The monoisotopic (exact) mass is 837 g/mol. The van der Waals surface area contributed by atoms with Crippen LogP contribution in [0, 0.1) is 0 Å². The minimum absolute atomic E-state index is 0.0825. The van der Waals surface area contributed by atoms with Crippen LogP contribution in [0.1, 0.15) is 233 Å². The summed E-state index contributed by atoms with van der Waals surface area (Å²) in [5, 5.41) is 0. The van der Waals surface area contributed by atoms with Crippen LogP contribution in [0.5, 0.6) is 0 Å². The zero-order valence-electron chi connectivity index (χ0n) is 39.2. The van der Waals surface area contributed by atoms with Gasteiger partial charge in [0.2, 0.25) is 0 Å². The van der Waals surface area contributed by atoms with Crippen molar-refractivity contribution < 1.29 is 28.6 Å². The molecule has 0 aliphatic rings. The molecule has 0 radical (unpaired) electrons. The summed E-state index contributed by atoms with van der Waals surface area (Å²) in [5.41, 5.74) is 0. The Morgan fingerprint density at radius 1 is 0.350 bits per heavy atom. The number of carbonyl (C=O) groups excluding carboxylic acids is 3. The van der Waals surface area contributed by atoms with E-state index in [4.69, 9.17) is 14.2 Å². The van der Waals surface area contributed by atoms with Crippen LogP contribution >= 0.6 is 0 Å². The van der Waals surface area contributed by atoms with Gasteiger partial charge in [0, 0.05) is 19.3 Å². The Hall–Kier alpha value is -3.15. The normalized spacial score (nSPS) is 12.7. The number of rotatable bonds is 44. The van der Waals surface area contributed by atoms with Crippen LogP contribution in [-0.2, 0) is 28.6 Å². The molecule has 6 heteroatoms. The lowest BCUT2D eigenvalue weighted by molar-refractivity contribution is -0.167. The van der Waals surface area contributed by atoms with Crippen LogP contribution in [0.25, 0.3) is 0 Å². The molecular weight excluding hydrogens is 745 g/mol. The van der Waals surface area contributed by atoms with Crippen molar-refractivity contribution in [1.82, 2.24) is 0 Å². The molecular formula is C54H92O6. The summed E-state index contributed by atoms with van der Waals surface area (Å²) in [4.78, 5) is 37.8. The average Bonchev–Trinajstić information content (AvgIpc) is 3.24. The van der Waals surface area contributed by atoms with Crippen molar-refractivity contribution in [2.45, 2.75) is 239 Å². The minimum Gasteiger partial charge on any atom is -0.462 e. The van der Waals surface area contributed by atoms with E-state index in [1.165, 1.54) is 83.5 Å². The van der Waals surface area contributed by atoms with Gasteiger partial charge in [0.1, 0.15) is 13.2 Å². The van der Waals surface area contributed by atoms with E-state index in [0.717, 1.165) is 109 Å². The van der Waals surface area contributed by atoms with Crippen molar-refractivity contribution in [3.8, 4) is 0 Å². The largest absolute Gasteiger partial charge is 0.462 e. The fourth-order valence-corrected chi connectivity index (χ4v) is 6.76. The number of ether oxygens (including phenoxy) is 3. The van der Waals surface area contributed by atoms with Crippen LogP contribution in [0.15, 0.2) is 72.9 Å². The lowest BCUT2D eigenvalue weighted by Crippen LogP contribution is -2.30. The van der Waals surface area contributed by atoms with Crippen LogP contribution in [0.3, 0.4) is 0 Å². The molecule has 0 heterocycles. The number of unbranched alkanes of at least 4 members (excludes halogenated alkanes) is 21. The molecule has 0 saturated heterocycles. The topological polar surface area (TPSA) is 78.9 Å². The van der Waals surface area contributed by atoms with Gasteiger partial charge in [0.15, 0.2) is 6.10 Å². The smallest absolute Gasteiger partial charge is 0.306 e. The Morgan fingerprint density at radius 3 is 1.02 bits per heavy atom. The summed E-state index contributed by atoms with van der Waals surface area (Å²) in [6.07, 6.45) is 60.3. The summed E-state index contributed by atoms with van der Waals surface area (Å²) >= 11 is 0. The van der Waals surface area contributed by atoms with E-state index in [2.05, 4.69) is 93.7 Å². The lowest BCUT2D eigenvalue weighted by Gasteiger charge is -2.18. The van der Waals surface area contributed by atoms with Gasteiger partial charge in [-0.1, -0.05) is 203 Å². The first-order chi connectivity index (χ1) is 29.5. The van der Waals surface area contributed by atoms with E-state index in [0.29, 0.717) is 19.3 Å². The first-order valence-electron chi connectivity index (χ1n) is 24.9. The Morgan fingerprint density at radius 2 is 0.650 bits per heavy atom. The van der Waals surface area contributed by atoms with Gasteiger partial charge < -0.3 is 14.2 Å². The van der Waals surface area contributed by atoms with Gasteiger partial charge in [-0.2, -0.15) is 0 Å².